The van der Waals surface area contributed by atoms with Gasteiger partial charge in [0.15, 0.2) is 0 Å². The van der Waals surface area contributed by atoms with Crippen LogP contribution in [-0.4, -0.2) is 44.1 Å². The molecule has 1 aromatic rings. The van der Waals surface area contributed by atoms with Crippen LogP contribution in [-0.2, 0) is 13.2 Å². The first kappa shape index (κ1) is 12.5. The lowest BCUT2D eigenvalue weighted by Gasteiger charge is -2.25. The highest BCUT2D eigenvalue weighted by Crippen LogP contribution is 2.19. The van der Waals surface area contributed by atoms with Crippen molar-refractivity contribution in [2.24, 2.45) is 5.92 Å². The van der Waals surface area contributed by atoms with Gasteiger partial charge in [-0.05, 0) is 25.3 Å². The molecule has 1 saturated heterocycles. The molecule has 0 saturated carbocycles. The molecule has 1 aromatic heterocycles. The molecule has 1 N–H and O–H groups in total. The van der Waals surface area contributed by atoms with Crippen molar-refractivity contribution in [3.05, 3.63) is 11.9 Å². The van der Waals surface area contributed by atoms with Gasteiger partial charge in [0.25, 0.3) is 0 Å². The quantitative estimate of drug-likeness (QED) is 0.828. The van der Waals surface area contributed by atoms with Crippen LogP contribution < -0.4 is 0 Å². The third-order valence-electron chi connectivity index (χ3n) is 3.24. The predicted molar refractivity (Wildman–Crippen MR) is 65.4 cm³/mol. The number of aliphatic hydroxyl groups excluding tert-OH is 1. The molecule has 2 rings (SSSR count). The highest BCUT2D eigenvalue weighted by molar-refractivity contribution is 4.90. The van der Waals surface area contributed by atoms with Crippen LogP contribution in [0.15, 0.2) is 6.20 Å². The van der Waals surface area contributed by atoms with Crippen molar-refractivity contribution in [1.29, 1.82) is 0 Å². The van der Waals surface area contributed by atoms with Crippen LogP contribution in [0.5, 0.6) is 0 Å². The lowest BCUT2D eigenvalue weighted by Crippen LogP contribution is -2.35. The van der Waals surface area contributed by atoms with Crippen LogP contribution in [0, 0.1) is 5.92 Å². The van der Waals surface area contributed by atoms with Crippen LogP contribution in [0.2, 0.25) is 0 Å². The number of hydrogen-bond donors (Lipinski definition) is 1. The van der Waals surface area contributed by atoms with E-state index in [9.17, 15) is 0 Å². The van der Waals surface area contributed by atoms with Gasteiger partial charge in [-0.1, -0.05) is 19.1 Å². The Labute approximate surface area is 102 Å². The first-order valence-electron chi connectivity index (χ1n) is 6.43. The van der Waals surface area contributed by atoms with E-state index in [0.29, 0.717) is 17.7 Å². The topological polar surface area (TPSA) is 54.2 Å². The summed E-state index contributed by atoms with van der Waals surface area (Å²) in [5.41, 5.74) is 0.651. The molecule has 0 spiro atoms. The fraction of sp³-hybridized carbons (Fsp3) is 0.833. The van der Waals surface area contributed by atoms with E-state index >= 15 is 0 Å². The zero-order valence-corrected chi connectivity index (χ0v) is 10.7. The van der Waals surface area contributed by atoms with Crippen LogP contribution >= 0.6 is 0 Å². The predicted octanol–water partition coefficient (Wildman–Crippen LogP) is 0.891. The Morgan fingerprint density at radius 1 is 1.53 bits per heavy atom. The second kappa shape index (κ2) is 5.60. The Morgan fingerprint density at radius 3 is 3.00 bits per heavy atom. The van der Waals surface area contributed by atoms with Gasteiger partial charge < -0.3 is 5.11 Å². The molecule has 2 heterocycles. The fourth-order valence-electron chi connectivity index (χ4n) is 2.53. The zero-order chi connectivity index (χ0) is 12.3. The third-order valence-corrected chi connectivity index (χ3v) is 3.24. The van der Waals surface area contributed by atoms with Crippen molar-refractivity contribution in [3.8, 4) is 0 Å². The second-order valence-corrected chi connectivity index (χ2v) is 5.27. The van der Waals surface area contributed by atoms with Gasteiger partial charge in [-0.25, -0.2) is 0 Å². The molecule has 0 amide bonds. The van der Waals surface area contributed by atoms with E-state index in [1.165, 1.54) is 19.4 Å². The molecule has 0 radical (unpaired) electrons. The maximum Gasteiger partial charge on any atom is 0.108 e. The smallest absolute Gasteiger partial charge is 0.108 e. The van der Waals surface area contributed by atoms with Crippen molar-refractivity contribution >= 4 is 0 Å². The SMILES string of the molecule is CC(C)CN1CCC[C@H]1Cn1cc(CO)nn1. The Bertz CT molecular complexity index is 350. The van der Waals surface area contributed by atoms with Crippen molar-refractivity contribution in [2.75, 3.05) is 13.1 Å². The molecule has 1 aliphatic heterocycles. The first-order chi connectivity index (χ1) is 8.19. The summed E-state index contributed by atoms with van der Waals surface area (Å²) in [6.45, 7) is 7.74. The van der Waals surface area contributed by atoms with Crippen molar-refractivity contribution in [2.45, 2.75) is 45.9 Å². The van der Waals surface area contributed by atoms with Gasteiger partial charge in [-0.3, -0.25) is 9.58 Å². The van der Waals surface area contributed by atoms with Crippen molar-refractivity contribution in [1.82, 2.24) is 19.9 Å². The highest BCUT2D eigenvalue weighted by atomic mass is 16.3. The molecule has 1 atom stereocenters. The molecule has 5 nitrogen and oxygen atoms in total. The number of aromatic nitrogens is 3. The number of likely N-dealkylation sites (tertiary alicyclic amines) is 1. The molecule has 0 unspecified atom stereocenters. The molecule has 17 heavy (non-hydrogen) atoms. The number of rotatable bonds is 5. The zero-order valence-electron chi connectivity index (χ0n) is 10.7. The maximum atomic E-state index is 8.96. The van der Waals surface area contributed by atoms with Crippen LogP contribution in [0.4, 0.5) is 0 Å². The molecule has 1 fully saturated rings. The Balaban J connectivity index is 1.92. The van der Waals surface area contributed by atoms with E-state index in [1.54, 1.807) is 0 Å². The Morgan fingerprint density at radius 2 is 2.35 bits per heavy atom. The van der Waals surface area contributed by atoms with E-state index in [4.69, 9.17) is 5.11 Å². The molecule has 1 aliphatic rings. The van der Waals surface area contributed by atoms with Crippen molar-refractivity contribution < 1.29 is 5.11 Å². The number of nitrogens with zero attached hydrogens (tertiary/aromatic N) is 4. The summed E-state index contributed by atoms with van der Waals surface area (Å²) >= 11 is 0. The van der Waals surface area contributed by atoms with Gasteiger partial charge in [0.05, 0.1) is 19.3 Å². The molecular formula is C12H22N4O. The van der Waals surface area contributed by atoms with E-state index in [1.807, 2.05) is 10.9 Å². The van der Waals surface area contributed by atoms with E-state index in [0.717, 1.165) is 13.1 Å². The van der Waals surface area contributed by atoms with E-state index in [2.05, 4.69) is 29.1 Å². The summed E-state index contributed by atoms with van der Waals surface area (Å²) in [5.74, 6) is 0.708. The van der Waals surface area contributed by atoms with Crippen LogP contribution in [0.25, 0.3) is 0 Å². The third kappa shape index (κ3) is 3.26. The summed E-state index contributed by atoms with van der Waals surface area (Å²) < 4.78 is 1.86. The standard InChI is InChI=1S/C12H22N4O/c1-10(2)6-15-5-3-4-12(15)8-16-7-11(9-17)13-14-16/h7,10,12,17H,3-6,8-9H2,1-2H3/t12-/m0/s1. The minimum Gasteiger partial charge on any atom is -0.390 e. The minimum atomic E-state index is -0.0274. The van der Waals surface area contributed by atoms with Gasteiger partial charge in [0, 0.05) is 12.6 Å². The second-order valence-electron chi connectivity index (χ2n) is 5.27. The average Bonchev–Trinajstić information content (AvgIpc) is 2.89. The normalized spacial score (nSPS) is 21.5. The highest BCUT2D eigenvalue weighted by Gasteiger charge is 2.25. The Kier molecular flexibility index (Phi) is 4.12. The molecular weight excluding hydrogens is 216 g/mol. The van der Waals surface area contributed by atoms with Crippen molar-refractivity contribution in [3.63, 3.8) is 0 Å². The largest absolute Gasteiger partial charge is 0.390 e. The molecule has 0 bridgehead atoms. The Hall–Kier alpha value is -0.940. The van der Waals surface area contributed by atoms with Gasteiger partial charge in [-0.15, -0.1) is 5.10 Å². The monoisotopic (exact) mass is 238 g/mol. The summed E-state index contributed by atoms with van der Waals surface area (Å²) in [6.07, 6.45) is 4.35. The molecule has 0 aromatic carbocycles. The summed E-state index contributed by atoms with van der Waals surface area (Å²) in [4.78, 5) is 2.55. The maximum absolute atomic E-state index is 8.96. The average molecular weight is 238 g/mol. The van der Waals surface area contributed by atoms with Crippen LogP contribution in [0.3, 0.4) is 0 Å². The lowest BCUT2D eigenvalue weighted by atomic mass is 10.1. The van der Waals surface area contributed by atoms with E-state index in [-0.39, 0.29) is 6.61 Å². The summed E-state index contributed by atoms with van der Waals surface area (Å²) in [5, 5.41) is 16.9. The molecule has 0 aliphatic carbocycles. The van der Waals surface area contributed by atoms with Gasteiger partial charge in [0.1, 0.15) is 5.69 Å². The lowest BCUT2D eigenvalue weighted by molar-refractivity contribution is 0.203. The minimum absolute atomic E-state index is 0.0274. The van der Waals surface area contributed by atoms with Gasteiger partial charge in [0.2, 0.25) is 0 Å². The fourth-order valence-corrected chi connectivity index (χ4v) is 2.53. The number of hydrogen-bond acceptors (Lipinski definition) is 4. The molecule has 5 heteroatoms. The van der Waals surface area contributed by atoms with Crippen LogP contribution in [0.1, 0.15) is 32.4 Å². The van der Waals surface area contributed by atoms with E-state index < -0.39 is 0 Å². The number of aliphatic hydroxyl groups is 1. The summed E-state index contributed by atoms with van der Waals surface area (Å²) in [7, 11) is 0. The van der Waals surface area contributed by atoms with Gasteiger partial charge >= 0.3 is 0 Å². The molecule has 96 valence electrons. The first-order valence-corrected chi connectivity index (χ1v) is 6.43. The summed E-state index contributed by atoms with van der Waals surface area (Å²) in [6, 6.07) is 0.575. The van der Waals surface area contributed by atoms with Gasteiger partial charge in [-0.2, -0.15) is 0 Å².